The Labute approximate surface area is 128 Å². The molecule has 1 spiro atoms. The highest BCUT2D eigenvalue weighted by molar-refractivity contribution is 6.09. The van der Waals surface area contributed by atoms with Gasteiger partial charge in [-0.2, -0.15) is 0 Å². The first-order valence-electron chi connectivity index (χ1n) is 7.28. The molecule has 1 aliphatic heterocycles. The molecule has 0 aromatic heterocycles. The normalized spacial score (nSPS) is 25.1. The van der Waals surface area contributed by atoms with Gasteiger partial charge in [0.05, 0.1) is 0 Å². The van der Waals surface area contributed by atoms with Crippen LogP contribution in [0.25, 0.3) is 0 Å². The van der Waals surface area contributed by atoms with E-state index in [1.807, 2.05) is 36.4 Å². The molecule has 4 rings (SSSR count). The van der Waals surface area contributed by atoms with Gasteiger partial charge < -0.3 is 10.1 Å². The molecule has 1 aliphatic carbocycles. The predicted octanol–water partition coefficient (Wildman–Crippen LogP) is 2.89. The van der Waals surface area contributed by atoms with Crippen molar-refractivity contribution in [3.05, 3.63) is 65.2 Å². The number of hydrogen-bond acceptors (Lipinski definition) is 3. The average molecular weight is 293 g/mol. The minimum absolute atomic E-state index is 0.0470. The number of ether oxygens (including phenoxy) is 1. The van der Waals surface area contributed by atoms with Crippen molar-refractivity contribution in [1.29, 1.82) is 0 Å². The summed E-state index contributed by atoms with van der Waals surface area (Å²) in [6.07, 6.45) is 0.395. The highest BCUT2D eigenvalue weighted by Crippen LogP contribution is 2.57. The summed E-state index contributed by atoms with van der Waals surface area (Å²) in [5.41, 5.74) is 2.65. The number of Topliss-reactive ketones (excluding diaryl/α,β-unsaturated/α-hetero) is 1. The second-order valence-electron chi connectivity index (χ2n) is 5.86. The molecule has 4 nitrogen and oxygen atoms in total. The minimum Gasteiger partial charge on any atom is -0.352 e. The number of nitrogens with one attached hydrogen (secondary N) is 1. The van der Waals surface area contributed by atoms with Crippen LogP contribution >= 0.6 is 0 Å². The van der Waals surface area contributed by atoms with Crippen molar-refractivity contribution in [2.45, 2.75) is 25.0 Å². The van der Waals surface area contributed by atoms with Gasteiger partial charge in [0.15, 0.2) is 11.4 Å². The Morgan fingerprint density at radius 2 is 2.00 bits per heavy atom. The SMILES string of the molecule is CC(=O)Nc1ccc2c(c1)CC1(OC1c1ccccc1)C2=O. The molecule has 2 aromatic carbocycles. The summed E-state index contributed by atoms with van der Waals surface area (Å²) in [5, 5.41) is 2.75. The maximum absolute atomic E-state index is 12.7. The first-order valence-corrected chi connectivity index (χ1v) is 7.28. The van der Waals surface area contributed by atoms with Crippen molar-refractivity contribution in [2.75, 3.05) is 5.32 Å². The predicted molar refractivity (Wildman–Crippen MR) is 81.8 cm³/mol. The number of fused-ring (bicyclic) bond motifs is 1. The quantitative estimate of drug-likeness (QED) is 0.866. The van der Waals surface area contributed by atoms with E-state index in [1.54, 1.807) is 12.1 Å². The van der Waals surface area contributed by atoms with Crippen LogP contribution in [0.2, 0.25) is 0 Å². The van der Waals surface area contributed by atoms with Crippen molar-refractivity contribution >= 4 is 17.4 Å². The van der Waals surface area contributed by atoms with Gasteiger partial charge in [0.25, 0.3) is 0 Å². The van der Waals surface area contributed by atoms with Crippen LogP contribution in [0.15, 0.2) is 48.5 Å². The van der Waals surface area contributed by atoms with Crippen LogP contribution in [-0.4, -0.2) is 17.3 Å². The molecular formula is C18H15NO3. The van der Waals surface area contributed by atoms with Gasteiger partial charge in [-0.25, -0.2) is 0 Å². The molecule has 1 amide bonds. The Balaban J connectivity index is 1.64. The lowest BCUT2D eigenvalue weighted by molar-refractivity contribution is -0.114. The average Bonchev–Trinajstić information content (AvgIpc) is 3.15. The minimum atomic E-state index is -0.738. The summed E-state index contributed by atoms with van der Waals surface area (Å²) in [5.74, 6) is -0.0745. The van der Waals surface area contributed by atoms with Crippen LogP contribution in [-0.2, 0) is 16.0 Å². The van der Waals surface area contributed by atoms with Crippen molar-refractivity contribution in [2.24, 2.45) is 0 Å². The lowest BCUT2D eigenvalue weighted by Gasteiger charge is -2.03. The van der Waals surface area contributed by atoms with Gasteiger partial charge in [0, 0.05) is 24.6 Å². The summed E-state index contributed by atoms with van der Waals surface area (Å²) in [7, 11) is 0. The molecule has 1 N–H and O–H groups in total. The Kier molecular flexibility index (Phi) is 2.71. The number of hydrogen-bond donors (Lipinski definition) is 1. The lowest BCUT2D eigenvalue weighted by atomic mass is 9.96. The fourth-order valence-corrected chi connectivity index (χ4v) is 3.28. The van der Waals surface area contributed by atoms with Gasteiger partial charge >= 0.3 is 0 Å². The monoisotopic (exact) mass is 293 g/mol. The zero-order valence-electron chi connectivity index (χ0n) is 12.1. The fourth-order valence-electron chi connectivity index (χ4n) is 3.28. The molecule has 2 aromatic rings. The van der Waals surface area contributed by atoms with Gasteiger partial charge in [-0.05, 0) is 29.3 Å². The number of amides is 1. The van der Waals surface area contributed by atoms with Crippen molar-refractivity contribution < 1.29 is 14.3 Å². The molecule has 1 fully saturated rings. The molecule has 2 atom stereocenters. The summed E-state index contributed by atoms with van der Waals surface area (Å²) in [6, 6.07) is 15.2. The van der Waals surface area contributed by atoms with E-state index in [-0.39, 0.29) is 17.8 Å². The van der Waals surface area contributed by atoms with Gasteiger partial charge in [-0.1, -0.05) is 30.3 Å². The summed E-state index contributed by atoms with van der Waals surface area (Å²) in [4.78, 5) is 23.8. The zero-order chi connectivity index (χ0) is 15.3. The Hall–Kier alpha value is -2.46. The number of carbonyl (C=O) groups is 2. The molecular weight excluding hydrogens is 278 g/mol. The molecule has 22 heavy (non-hydrogen) atoms. The summed E-state index contributed by atoms with van der Waals surface area (Å²) >= 11 is 0. The number of benzene rings is 2. The van der Waals surface area contributed by atoms with E-state index < -0.39 is 5.60 Å². The maximum Gasteiger partial charge on any atom is 0.221 e. The first-order chi connectivity index (χ1) is 10.6. The van der Waals surface area contributed by atoms with Crippen LogP contribution < -0.4 is 5.32 Å². The Morgan fingerprint density at radius 1 is 1.23 bits per heavy atom. The number of epoxide rings is 1. The largest absolute Gasteiger partial charge is 0.352 e. The van der Waals surface area contributed by atoms with Crippen molar-refractivity contribution in [3.63, 3.8) is 0 Å². The van der Waals surface area contributed by atoms with Gasteiger partial charge in [-0.3, -0.25) is 9.59 Å². The molecule has 2 aliphatic rings. The molecule has 2 unspecified atom stereocenters. The van der Waals surface area contributed by atoms with E-state index in [4.69, 9.17) is 4.74 Å². The zero-order valence-corrected chi connectivity index (χ0v) is 12.1. The van der Waals surface area contributed by atoms with E-state index >= 15 is 0 Å². The van der Waals surface area contributed by atoms with E-state index in [2.05, 4.69) is 5.32 Å². The van der Waals surface area contributed by atoms with E-state index in [0.29, 0.717) is 17.7 Å². The molecule has 4 heteroatoms. The second kappa shape index (κ2) is 4.52. The molecule has 110 valence electrons. The van der Waals surface area contributed by atoms with Crippen LogP contribution in [0.3, 0.4) is 0 Å². The topological polar surface area (TPSA) is 58.7 Å². The first kappa shape index (κ1) is 13.2. The third-order valence-electron chi connectivity index (χ3n) is 4.30. The van der Waals surface area contributed by atoms with Crippen molar-refractivity contribution in [1.82, 2.24) is 0 Å². The Morgan fingerprint density at radius 3 is 2.73 bits per heavy atom. The van der Waals surface area contributed by atoms with Gasteiger partial charge in [0.1, 0.15) is 6.10 Å². The van der Waals surface area contributed by atoms with E-state index in [9.17, 15) is 9.59 Å². The molecule has 0 saturated carbocycles. The van der Waals surface area contributed by atoms with E-state index in [1.165, 1.54) is 6.92 Å². The smallest absolute Gasteiger partial charge is 0.221 e. The third-order valence-corrected chi connectivity index (χ3v) is 4.30. The van der Waals surface area contributed by atoms with Crippen molar-refractivity contribution in [3.8, 4) is 0 Å². The molecule has 0 bridgehead atoms. The van der Waals surface area contributed by atoms with Crippen LogP contribution in [0, 0.1) is 0 Å². The Bertz CT molecular complexity index is 784. The van der Waals surface area contributed by atoms with Crippen LogP contribution in [0.5, 0.6) is 0 Å². The maximum atomic E-state index is 12.7. The molecule has 0 radical (unpaired) electrons. The summed E-state index contributed by atoms with van der Waals surface area (Å²) in [6.45, 7) is 1.47. The highest BCUT2D eigenvalue weighted by Gasteiger charge is 2.65. The standard InChI is InChI=1S/C18H15NO3/c1-11(20)19-14-7-8-15-13(9-14)10-18(16(15)21)17(22-18)12-5-3-2-4-6-12/h2-9,17H,10H2,1H3,(H,19,20). The number of ketones is 1. The lowest BCUT2D eigenvalue weighted by Crippen LogP contribution is -2.20. The van der Waals surface area contributed by atoms with Crippen LogP contribution in [0.1, 0.15) is 34.5 Å². The third kappa shape index (κ3) is 1.88. The van der Waals surface area contributed by atoms with E-state index in [0.717, 1.165) is 11.1 Å². The van der Waals surface area contributed by atoms with Gasteiger partial charge in [-0.15, -0.1) is 0 Å². The fraction of sp³-hybridized carbons (Fsp3) is 0.222. The van der Waals surface area contributed by atoms with Gasteiger partial charge in [0.2, 0.25) is 5.91 Å². The second-order valence-corrected chi connectivity index (χ2v) is 5.86. The molecule has 1 heterocycles. The number of anilines is 1. The molecule has 1 saturated heterocycles. The van der Waals surface area contributed by atoms with Crippen LogP contribution in [0.4, 0.5) is 5.69 Å². The number of carbonyl (C=O) groups excluding carboxylic acids is 2. The summed E-state index contributed by atoms with van der Waals surface area (Å²) < 4.78 is 5.83. The number of rotatable bonds is 2. The highest BCUT2D eigenvalue weighted by atomic mass is 16.6.